The van der Waals surface area contributed by atoms with Crippen LogP contribution in [0.5, 0.6) is 0 Å². The maximum Gasteiger partial charge on any atom is 0.254 e. The van der Waals surface area contributed by atoms with Gasteiger partial charge in [-0.05, 0) is 49.6 Å². The number of aliphatic hydroxyl groups is 1. The van der Waals surface area contributed by atoms with Gasteiger partial charge in [-0.2, -0.15) is 0 Å². The van der Waals surface area contributed by atoms with Crippen molar-refractivity contribution in [1.82, 2.24) is 19.7 Å². The minimum absolute atomic E-state index is 0.150. The van der Waals surface area contributed by atoms with E-state index in [4.69, 9.17) is 0 Å². The first-order chi connectivity index (χ1) is 17.5. The van der Waals surface area contributed by atoms with Gasteiger partial charge in [-0.25, -0.2) is 14.4 Å². The summed E-state index contributed by atoms with van der Waals surface area (Å²) in [6.45, 7) is 4.02. The number of imidazole rings is 1. The Morgan fingerprint density at radius 3 is 2.89 bits per heavy atom. The van der Waals surface area contributed by atoms with E-state index in [0.29, 0.717) is 29.3 Å². The number of hydrogen-bond acceptors (Lipinski definition) is 6. The molecule has 184 valence electrons. The molecule has 0 aliphatic carbocycles. The Balaban J connectivity index is 1.28. The molecule has 2 atom stereocenters. The summed E-state index contributed by atoms with van der Waals surface area (Å²) in [4.78, 5) is 24.0. The highest BCUT2D eigenvalue weighted by molar-refractivity contribution is 6.06. The number of hydrogen-bond donors (Lipinski definition) is 3. The van der Waals surface area contributed by atoms with Crippen LogP contribution in [0.1, 0.15) is 35.7 Å². The highest BCUT2D eigenvalue weighted by Gasteiger charge is 2.28. The number of rotatable bonds is 5. The molecule has 36 heavy (non-hydrogen) atoms. The van der Waals surface area contributed by atoms with Gasteiger partial charge in [-0.3, -0.25) is 9.20 Å². The van der Waals surface area contributed by atoms with E-state index in [1.807, 2.05) is 41.8 Å². The van der Waals surface area contributed by atoms with E-state index in [2.05, 4.69) is 25.5 Å². The molecule has 1 saturated heterocycles. The molecule has 6 rings (SSSR count). The number of piperidine rings is 1. The zero-order chi connectivity index (χ0) is 24.8. The molecule has 9 heteroatoms. The second-order valence-electron chi connectivity index (χ2n) is 9.53. The Hall–Kier alpha value is -3.98. The predicted octanol–water partition coefficient (Wildman–Crippen LogP) is 4.12. The highest BCUT2D eigenvalue weighted by Crippen LogP contribution is 2.35. The molecule has 5 heterocycles. The topological polar surface area (TPSA) is 94.8 Å². The Morgan fingerprint density at radius 2 is 2.08 bits per heavy atom. The van der Waals surface area contributed by atoms with Crippen LogP contribution >= 0.6 is 0 Å². The Kier molecular flexibility index (Phi) is 5.56. The molecule has 0 unspecified atom stereocenters. The van der Waals surface area contributed by atoms with Crippen LogP contribution in [0.15, 0.2) is 55.0 Å². The number of amides is 1. The average Bonchev–Trinajstić information content (AvgIpc) is 3.48. The smallest absolute Gasteiger partial charge is 0.254 e. The highest BCUT2D eigenvalue weighted by atomic mass is 19.1. The fourth-order valence-electron chi connectivity index (χ4n) is 5.27. The SMILES string of the molecule is C[C@H](O)[C@@H]1CCCN(c2ccc(Nc3ccc(-c4cnc5cc(F)ccn45)c4c3C(=O)NC4)nc2)C1. The Morgan fingerprint density at radius 1 is 1.19 bits per heavy atom. The molecule has 2 aliphatic rings. The zero-order valence-electron chi connectivity index (χ0n) is 19.9. The largest absolute Gasteiger partial charge is 0.393 e. The Labute approximate surface area is 207 Å². The summed E-state index contributed by atoms with van der Waals surface area (Å²) >= 11 is 0. The minimum Gasteiger partial charge on any atom is -0.393 e. The lowest BCUT2D eigenvalue weighted by Crippen LogP contribution is -2.39. The van der Waals surface area contributed by atoms with Crippen molar-refractivity contribution < 1.29 is 14.3 Å². The number of aromatic nitrogens is 3. The summed E-state index contributed by atoms with van der Waals surface area (Å²) in [5.74, 6) is 0.414. The molecular weight excluding hydrogens is 459 g/mol. The number of nitrogens with one attached hydrogen (secondary N) is 2. The molecule has 4 aromatic rings. The molecular formula is C27H27FN6O2. The van der Waals surface area contributed by atoms with E-state index in [-0.39, 0.29) is 23.7 Å². The maximum absolute atomic E-state index is 13.6. The van der Waals surface area contributed by atoms with Crippen molar-refractivity contribution >= 4 is 28.7 Å². The van der Waals surface area contributed by atoms with Gasteiger partial charge in [-0.15, -0.1) is 0 Å². The first kappa shape index (κ1) is 22.5. The van der Waals surface area contributed by atoms with Gasteiger partial charge in [0, 0.05) is 43.4 Å². The third kappa shape index (κ3) is 3.95. The number of nitrogens with zero attached hydrogens (tertiary/aromatic N) is 4. The van der Waals surface area contributed by atoms with Crippen LogP contribution in [-0.2, 0) is 6.54 Å². The number of aliphatic hydroxyl groups excluding tert-OH is 1. The van der Waals surface area contributed by atoms with Crippen molar-refractivity contribution in [2.45, 2.75) is 32.4 Å². The summed E-state index contributed by atoms with van der Waals surface area (Å²) in [6, 6.07) is 10.5. The Bertz CT molecular complexity index is 1450. The van der Waals surface area contributed by atoms with E-state index < -0.39 is 0 Å². The lowest BCUT2D eigenvalue weighted by Gasteiger charge is -2.35. The van der Waals surface area contributed by atoms with Crippen LogP contribution in [0, 0.1) is 11.7 Å². The third-order valence-electron chi connectivity index (χ3n) is 7.23. The maximum atomic E-state index is 13.6. The molecule has 1 aromatic carbocycles. The van der Waals surface area contributed by atoms with Crippen LogP contribution < -0.4 is 15.5 Å². The first-order valence-electron chi connectivity index (χ1n) is 12.2. The average molecular weight is 487 g/mol. The summed E-state index contributed by atoms with van der Waals surface area (Å²) in [6.07, 6.45) is 6.94. The lowest BCUT2D eigenvalue weighted by molar-refractivity contribution is 0.0966. The lowest BCUT2D eigenvalue weighted by atomic mass is 9.93. The number of fused-ring (bicyclic) bond motifs is 2. The number of carbonyl (C=O) groups excluding carboxylic acids is 1. The van der Waals surface area contributed by atoms with E-state index in [9.17, 15) is 14.3 Å². The molecule has 0 bridgehead atoms. The molecule has 1 amide bonds. The number of pyridine rings is 2. The third-order valence-corrected chi connectivity index (χ3v) is 7.23. The van der Waals surface area contributed by atoms with Crippen molar-refractivity contribution in [3.05, 3.63) is 71.9 Å². The molecule has 3 aromatic heterocycles. The normalized spacial score (nSPS) is 18.2. The summed E-state index contributed by atoms with van der Waals surface area (Å²) < 4.78 is 15.4. The first-order valence-corrected chi connectivity index (χ1v) is 12.2. The quantitative estimate of drug-likeness (QED) is 0.393. The zero-order valence-corrected chi connectivity index (χ0v) is 19.9. The molecule has 0 spiro atoms. The van der Waals surface area contributed by atoms with Gasteiger partial charge in [0.15, 0.2) is 0 Å². The number of anilines is 3. The van der Waals surface area contributed by atoms with Gasteiger partial charge in [-0.1, -0.05) is 6.07 Å². The van der Waals surface area contributed by atoms with Gasteiger partial charge in [0.05, 0.1) is 41.1 Å². The van der Waals surface area contributed by atoms with Gasteiger partial charge in [0.2, 0.25) is 0 Å². The second-order valence-corrected chi connectivity index (χ2v) is 9.53. The predicted molar refractivity (Wildman–Crippen MR) is 136 cm³/mol. The standard InChI is InChI=1S/C27H27FN6O2/c1-16(35)17-3-2-9-33(15-17)19-4-7-24(29-12-19)32-22-6-5-20(21-13-31-27(36)26(21)22)23-14-30-25-11-18(28)8-10-34(23)25/h4-8,10-12,14,16-17,35H,2-3,9,13,15H2,1H3,(H,29,32)(H,31,36)/t16-,17+/m0/s1. The molecule has 2 aliphatic heterocycles. The fourth-order valence-corrected chi connectivity index (χ4v) is 5.27. The van der Waals surface area contributed by atoms with Crippen molar-refractivity contribution in [2.75, 3.05) is 23.3 Å². The number of halogens is 1. The minimum atomic E-state index is -0.345. The monoisotopic (exact) mass is 486 g/mol. The van der Waals surface area contributed by atoms with Crippen LogP contribution in [0.3, 0.4) is 0 Å². The second kappa shape index (κ2) is 8.91. The van der Waals surface area contributed by atoms with Crippen molar-refractivity contribution in [3.63, 3.8) is 0 Å². The molecule has 0 saturated carbocycles. The van der Waals surface area contributed by atoms with Crippen LogP contribution in [-0.4, -0.2) is 44.6 Å². The van der Waals surface area contributed by atoms with Crippen LogP contribution in [0.25, 0.3) is 16.9 Å². The molecule has 8 nitrogen and oxygen atoms in total. The van der Waals surface area contributed by atoms with Gasteiger partial charge >= 0.3 is 0 Å². The van der Waals surface area contributed by atoms with E-state index in [1.54, 1.807) is 12.4 Å². The van der Waals surface area contributed by atoms with Crippen molar-refractivity contribution in [2.24, 2.45) is 5.92 Å². The summed E-state index contributed by atoms with van der Waals surface area (Å²) in [5, 5.41) is 16.2. The molecule has 1 fully saturated rings. The molecule has 0 radical (unpaired) electrons. The van der Waals surface area contributed by atoms with Crippen molar-refractivity contribution in [1.29, 1.82) is 0 Å². The van der Waals surface area contributed by atoms with Gasteiger partial charge in [0.25, 0.3) is 5.91 Å². The fraction of sp³-hybridized carbons (Fsp3) is 0.296. The van der Waals surface area contributed by atoms with E-state index in [1.165, 1.54) is 12.1 Å². The van der Waals surface area contributed by atoms with Gasteiger partial charge < -0.3 is 20.6 Å². The van der Waals surface area contributed by atoms with Gasteiger partial charge in [0.1, 0.15) is 17.3 Å². The van der Waals surface area contributed by atoms with E-state index in [0.717, 1.165) is 48.4 Å². The van der Waals surface area contributed by atoms with Crippen LogP contribution in [0.2, 0.25) is 0 Å². The van der Waals surface area contributed by atoms with Crippen LogP contribution in [0.4, 0.5) is 21.6 Å². The molecule has 3 N–H and O–H groups in total. The summed E-state index contributed by atoms with van der Waals surface area (Å²) in [5.41, 5.74) is 5.31. The van der Waals surface area contributed by atoms with Crippen molar-refractivity contribution in [3.8, 4) is 11.3 Å². The van der Waals surface area contributed by atoms with E-state index >= 15 is 0 Å². The number of carbonyl (C=O) groups is 1. The summed E-state index contributed by atoms with van der Waals surface area (Å²) in [7, 11) is 0. The number of benzene rings is 1.